The van der Waals surface area contributed by atoms with Crippen molar-refractivity contribution in [2.75, 3.05) is 67.2 Å². The Bertz CT molecular complexity index is 1120. The van der Waals surface area contributed by atoms with Crippen LogP contribution in [-0.4, -0.2) is 85.7 Å². The standard InChI is InChI=1S/C23H32N8O4/c24-15-4-7-30(13-15)23-31(17(14-34-23)19(25)32)16-12-18-20(26-21(16)28-5-2-1-3-6-28)27-22(35-18)29-8-10-33-11-9-29/h12,14-15,23H,1-11,13,24H2,(H2,25,32)/t15?,23-/m0/s1. The largest absolute Gasteiger partial charge is 0.462 e. The molecule has 35 heavy (non-hydrogen) atoms. The van der Waals surface area contributed by atoms with E-state index in [2.05, 4.69) is 14.7 Å². The molecule has 3 fully saturated rings. The quantitative estimate of drug-likeness (QED) is 0.614. The molecule has 0 spiro atoms. The van der Waals surface area contributed by atoms with Gasteiger partial charge in [0.1, 0.15) is 12.0 Å². The lowest BCUT2D eigenvalue weighted by molar-refractivity contribution is -0.114. The summed E-state index contributed by atoms with van der Waals surface area (Å²) in [5, 5.41) is 0. The zero-order valence-corrected chi connectivity index (χ0v) is 19.8. The van der Waals surface area contributed by atoms with Crippen LogP contribution in [0.3, 0.4) is 0 Å². The first kappa shape index (κ1) is 22.4. The molecule has 12 nitrogen and oxygen atoms in total. The summed E-state index contributed by atoms with van der Waals surface area (Å²) in [6, 6.07) is 2.51. The van der Waals surface area contributed by atoms with Crippen molar-refractivity contribution < 1.29 is 18.7 Å². The number of piperidine rings is 1. The summed E-state index contributed by atoms with van der Waals surface area (Å²) in [7, 11) is 0. The zero-order chi connectivity index (χ0) is 23.9. The van der Waals surface area contributed by atoms with Crippen molar-refractivity contribution in [2.24, 2.45) is 11.5 Å². The lowest BCUT2D eigenvalue weighted by Crippen LogP contribution is -2.48. The molecule has 6 rings (SSSR count). The van der Waals surface area contributed by atoms with Crippen LogP contribution in [0.5, 0.6) is 0 Å². The number of ether oxygens (including phenoxy) is 2. The van der Waals surface area contributed by atoms with E-state index in [0.29, 0.717) is 50.1 Å². The first-order valence-electron chi connectivity index (χ1n) is 12.4. The smallest absolute Gasteiger partial charge is 0.300 e. The van der Waals surface area contributed by atoms with Crippen molar-refractivity contribution in [3.63, 3.8) is 0 Å². The van der Waals surface area contributed by atoms with Crippen LogP contribution >= 0.6 is 0 Å². The van der Waals surface area contributed by atoms with Crippen molar-refractivity contribution in [1.29, 1.82) is 0 Å². The fourth-order valence-electron chi connectivity index (χ4n) is 5.29. The van der Waals surface area contributed by atoms with E-state index in [-0.39, 0.29) is 11.7 Å². The summed E-state index contributed by atoms with van der Waals surface area (Å²) in [6.07, 6.45) is 5.12. The van der Waals surface area contributed by atoms with Crippen LogP contribution in [-0.2, 0) is 14.3 Å². The van der Waals surface area contributed by atoms with Crippen LogP contribution in [0.15, 0.2) is 22.4 Å². The second kappa shape index (κ2) is 9.17. The summed E-state index contributed by atoms with van der Waals surface area (Å²) in [6.45, 7) is 5.88. The number of likely N-dealkylation sites (tertiary alicyclic amines) is 1. The Hall–Kier alpha value is -3.09. The first-order chi connectivity index (χ1) is 17.1. The molecule has 2 aromatic rings. The van der Waals surface area contributed by atoms with Crippen molar-refractivity contribution in [2.45, 2.75) is 38.1 Å². The summed E-state index contributed by atoms with van der Waals surface area (Å²) < 4.78 is 17.6. The number of anilines is 3. The number of fused-ring (bicyclic) bond motifs is 1. The Balaban J connectivity index is 1.45. The minimum absolute atomic E-state index is 0.0607. The van der Waals surface area contributed by atoms with Gasteiger partial charge < -0.3 is 35.2 Å². The van der Waals surface area contributed by atoms with Gasteiger partial charge in [0, 0.05) is 51.4 Å². The topological polar surface area (TPSA) is 139 Å². The minimum atomic E-state index is -0.563. The number of hydrogen-bond donors (Lipinski definition) is 2. The van der Waals surface area contributed by atoms with Gasteiger partial charge in [-0.2, -0.15) is 4.98 Å². The van der Waals surface area contributed by atoms with Crippen LogP contribution in [0.2, 0.25) is 0 Å². The highest BCUT2D eigenvalue weighted by Crippen LogP contribution is 2.40. The molecule has 0 saturated carbocycles. The number of carbonyl (C=O) groups excluding carboxylic acids is 1. The average Bonchev–Trinajstić information content (AvgIpc) is 3.61. The predicted octanol–water partition coefficient (Wildman–Crippen LogP) is 0.530. The number of pyridine rings is 1. The molecule has 4 N–H and O–H groups in total. The summed E-state index contributed by atoms with van der Waals surface area (Å²) in [5.74, 6) is 0.192. The van der Waals surface area contributed by atoms with Crippen molar-refractivity contribution in [1.82, 2.24) is 14.9 Å². The Morgan fingerprint density at radius 2 is 1.83 bits per heavy atom. The van der Waals surface area contributed by atoms with Gasteiger partial charge >= 0.3 is 0 Å². The van der Waals surface area contributed by atoms with Crippen molar-refractivity contribution in [3.8, 4) is 0 Å². The molecule has 2 atom stereocenters. The number of amides is 1. The summed E-state index contributed by atoms with van der Waals surface area (Å²) in [4.78, 5) is 30.4. The lowest BCUT2D eigenvalue weighted by Gasteiger charge is -2.36. The predicted molar refractivity (Wildman–Crippen MR) is 130 cm³/mol. The maximum atomic E-state index is 12.5. The minimum Gasteiger partial charge on any atom is -0.462 e. The van der Waals surface area contributed by atoms with Crippen LogP contribution < -0.4 is 26.2 Å². The highest BCUT2D eigenvalue weighted by atomic mass is 16.5. The van der Waals surface area contributed by atoms with E-state index in [0.717, 1.165) is 50.4 Å². The van der Waals surface area contributed by atoms with Gasteiger partial charge in [-0.3, -0.25) is 9.69 Å². The first-order valence-corrected chi connectivity index (χ1v) is 12.4. The molecular weight excluding hydrogens is 452 g/mol. The van der Waals surface area contributed by atoms with E-state index in [1.165, 1.54) is 12.7 Å². The van der Waals surface area contributed by atoms with Gasteiger partial charge in [-0.25, -0.2) is 9.88 Å². The third-order valence-electron chi connectivity index (χ3n) is 7.13. The maximum absolute atomic E-state index is 12.5. The molecular formula is C23H32N8O4. The van der Waals surface area contributed by atoms with E-state index in [9.17, 15) is 4.79 Å². The average molecular weight is 485 g/mol. The van der Waals surface area contributed by atoms with E-state index < -0.39 is 12.3 Å². The van der Waals surface area contributed by atoms with Gasteiger partial charge in [0.2, 0.25) is 12.0 Å². The zero-order valence-electron chi connectivity index (χ0n) is 19.8. The highest BCUT2D eigenvalue weighted by Gasteiger charge is 2.41. The number of morpholine rings is 1. The number of primary amides is 1. The second-order valence-electron chi connectivity index (χ2n) is 9.54. The molecule has 0 aromatic carbocycles. The third-order valence-corrected chi connectivity index (χ3v) is 7.13. The fourth-order valence-corrected chi connectivity index (χ4v) is 5.29. The van der Waals surface area contributed by atoms with E-state index >= 15 is 0 Å². The summed E-state index contributed by atoms with van der Waals surface area (Å²) >= 11 is 0. The van der Waals surface area contributed by atoms with E-state index in [1.807, 2.05) is 11.0 Å². The number of aromatic nitrogens is 2. The fraction of sp³-hybridized carbons (Fsp3) is 0.609. The third kappa shape index (κ3) is 4.15. The SMILES string of the molecule is NC(=O)C1=CO[C@@H](N2CCC(N)C2)N1c1cc2oc(N3CCOCC3)nc2nc1N1CCCCC1. The number of rotatable bonds is 5. The second-order valence-corrected chi connectivity index (χ2v) is 9.54. The number of nitrogens with two attached hydrogens (primary N) is 2. The summed E-state index contributed by atoms with van der Waals surface area (Å²) in [5.41, 5.74) is 14.1. The Kier molecular flexibility index (Phi) is 5.86. The molecule has 1 amide bonds. The molecule has 0 radical (unpaired) electrons. The highest BCUT2D eigenvalue weighted by molar-refractivity contribution is 5.98. The van der Waals surface area contributed by atoms with Gasteiger partial charge in [-0.1, -0.05) is 0 Å². The lowest BCUT2D eigenvalue weighted by atomic mass is 10.1. The van der Waals surface area contributed by atoms with E-state index in [1.54, 1.807) is 0 Å². The van der Waals surface area contributed by atoms with Crippen LogP contribution in [0.25, 0.3) is 11.2 Å². The van der Waals surface area contributed by atoms with Crippen LogP contribution in [0.4, 0.5) is 17.5 Å². The maximum Gasteiger partial charge on any atom is 0.300 e. The molecule has 188 valence electrons. The molecule has 2 aromatic heterocycles. The molecule has 0 aliphatic carbocycles. The van der Waals surface area contributed by atoms with Crippen LogP contribution in [0.1, 0.15) is 25.7 Å². The van der Waals surface area contributed by atoms with Gasteiger partial charge in [0.25, 0.3) is 11.9 Å². The van der Waals surface area contributed by atoms with Gasteiger partial charge in [-0.15, -0.1) is 0 Å². The van der Waals surface area contributed by atoms with Gasteiger partial charge in [-0.05, 0) is 25.7 Å². The Morgan fingerprint density at radius 1 is 1.03 bits per heavy atom. The number of oxazole rings is 1. The van der Waals surface area contributed by atoms with Crippen LogP contribution in [0, 0.1) is 0 Å². The van der Waals surface area contributed by atoms with Gasteiger partial charge in [0.05, 0.1) is 18.9 Å². The normalized spacial score (nSPS) is 25.9. The van der Waals surface area contributed by atoms with Gasteiger partial charge in [0.15, 0.2) is 11.4 Å². The van der Waals surface area contributed by atoms with Crippen molar-refractivity contribution >= 4 is 34.7 Å². The van der Waals surface area contributed by atoms with Crippen molar-refractivity contribution in [3.05, 3.63) is 18.0 Å². The van der Waals surface area contributed by atoms with E-state index in [4.69, 9.17) is 35.3 Å². The molecule has 12 heteroatoms. The number of hydrogen-bond acceptors (Lipinski definition) is 11. The molecule has 0 bridgehead atoms. The Morgan fingerprint density at radius 3 is 2.54 bits per heavy atom. The molecule has 1 unspecified atom stereocenters. The molecule has 3 saturated heterocycles. The number of carbonyl (C=O) groups is 1. The number of nitrogens with zero attached hydrogens (tertiary/aromatic N) is 6. The monoisotopic (exact) mass is 484 g/mol. The molecule has 4 aliphatic heterocycles. The molecule has 6 heterocycles. The molecule has 4 aliphatic rings. The Labute approximate surface area is 203 Å².